The lowest BCUT2D eigenvalue weighted by Gasteiger charge is -2.22. The van der Waals surface area contributed by atoms with Crippen LogP contribution in [0.1, 0.15) is 6.42 Å². The number of hydrogen-bond donors (Lipinski definition) is 2. The highest BCUT2D eigenvalue weighted by atomic mass is 79.9. The maximum atomic E-state index is 11.8. The minimum Gasteiger partial charge on any atom is -0.325 e. The third kappa shape index (κ3) is 4.29. The van der Waals surface area contributed by atoms with Gasteiger partial charge in [0.2, 0.25) is 5.91 Å². The molecule has 2 heterocycles. The molecule has 1 aromatic heterocycles. The van der Waals surface area contributed by atoms with Crippen LogP contribution in [0.15, 0.2) is 22.9 Å². The summed E-state index contributed by atoms with van der Waals surface area (Å²) in [6.07, 6.45) is 2.16. The fraction of sp³-hybridized carbons (Fsp3) is 0.455. The molecule has 1 atom stereocenters. The lowest BCUT2D eigenvalue weighted by molar-refractivity contribution is -0.116. The Balaban J connectivity index is 1.82. The molecule has 1 amide bonds. The van der Waals surface area contributed by atoms with Crippen molar-refractivity contribution < 1.29 is 4.79 Å². The van der Waals surface area contributed by atoms with Crippen molar-refractivity contribution in [1.29, 1.82) is 0 Å². The quantitative estimate of drug-likeness (QED) is 0.836. The van der Waals surface area contributed by atoms with E-state index in [1.54, 1.807) is 6.20 Å². The van der Waals surface area contributed by atoms with Gasteiger partial charge in [-0.2, -0.15) is 11.8 Å². The molecule has 92 valence electrons. The summed E-state index contributed by atoms with van der Waals surface area (Å²) in [4.78, 5) is 15.8. The summed E-state index contributed by atoms with van der Waals surface area (Å²) < 4.78 is 0.765. The second-order valence-corrected chi connectivity index (χ2v) is 5.81. The SMILES string of the molecule is O=C(CC1CSCCN1)Nc1ccc(Br)nc1. The smallest absolute Gasteiger partial charge is 0.226 e. The van der Waals surface area contributed by atoms with Gasteiger partial charge < -0.3 is 10.6 Å². The van der Waals surface area contributed by atoms with E-state index in [2.05, 4.69) is 31.5 Å². The molecule has 0 aromatic carbocycles. The number of carbonyl (C=O) groups excluding carboxylic acids is 1. The first-order chi connectivity index (χ1) is 8.24. The van der Waals surface area contributed by atoms with E-state index in [1.807, 2.05) is 23.9 Å². The molecule has 17 heavy (non-hydrogen) atoms. The summed E-state index contributed by atoms with van der Waals surface area (Å²) in [6, 6.07) is 3.93. The van der Waals surface area contributed by atoms with E-state index in [1.165, 1.54) is 0 Å². The molecule has 1 aromatic rings. The van der Waals surface area contributed by atoms with Crippen molar-refractivity contribution in [3.8, 4) is 0 Å². The third-order valence-corrected chi connectivity index (χ3v) is 4.04. The van der Waals surface area contributed by atoms with Crippen LogP contribution >= 0.6 is 27.7 Å². The molecule has 0 saturated carbocycles. The Morgan fingerprint density at radius 3 is 3.18 bits per heavy atom. The van der Waals surface area contributed by atoms with E-state index < -0.39 is 0 Å². The molecule has 2 N–H and O–H groups in total. The number of carbonyl (C=O) groups is 1. The highest BCUT2D eigenvalue weighted by Gasteiger charge is 2.16. The van der Waals surface area contributed by atoms with Crippen molar-refractivity contribution in [2.45, 2.75) is 12.5 Å². The van der Waals surface area contributed by atoms with E-state index in [4.69, 9.17) is 0 Å². The van der Waals surface area contributed by atoms with Gasteiger partial charge in [-0.15, -0.1) is 0 Å². The fourth-order valence-corrected chi connectivity index (χ4v) is 2.82. The van der Waals surface area contributed by atoms with Gasteiger partial charge in [-0.25, -0.2) is 4.98 Å². The Bertz CT molecular complexity index is 379. The van der Waals surface area contributed by atoms with Gasteiger partial charge >= 0.3 is 0 Å². The van der Waals surface area contributed by atoms with Crippen molar-refractivity contribution in [2.24, 2.45) is 0 Å². The molecule has 0 radical (unpaired) electrons. The molecule has 6 heteroatoms. The van der Waals surface area contributed by atoms with Crippen LogP contribution in [0.4, 0.5) is 5.69 Å². The Labute approximate surface area is 113 Å². The van der Waals surface area contributed by atoms with E-state index in [0.717, 1.165) is 28.3 Å². The number of nitrogens with zero attached hydrogens (tertiary/aromatic N) is 1. The number of pyridine rings is 1. The molecule has 0 spiro atoms. The number of rotatable bonds is 3. The number of hydrogen-bond acceptors (Lipinski definition) is 4. The van der Waals surface area contributed by atoms with Crippen molar-refractivity contribution in [3.05, 3.63) is 22.9 Å². The van der Waals surface area contributed by atoms with Gasteiger partial charge in [-0.05, 0) is 28.1 Å². The average Bonchev–Trinajstić information content (AvgIpc) is 2.33. The number of aromatic nitrogens is 1. The molecule has 1 aliphatic rings. The predicted octanol–water partition coefficient (Wildman–Crippen LogP) is 1.88. The zero-order valence-electron chi connectivity index (χ0n) is 9.28. The summed E-state index contributed by atoms with van der Waals surface area (Å²) in [5.74, 6) is 2.18. The Morgan fingerprint density at radius 1 is 1.65 bits per heavy atom. The van der Waals surface area contributed by atoms with Crippen LogP contribution in [0.5, 0.6) is 0 Å². The molecule has 2 rings (SSSR count). The van der Waals surface area contributed by atoms with Gasteiger partial charge in [0, 0.05) is 30.5 Å². The molecule has 1 fully saturated rings. The molecule has 1 unspecified atom stereocenters. The van der Waals surface area contributed by atoms with Crippen LogP contribution in [-0.2, 0) is 4.79 Å². The van der Waals surface area contributed by atoms with Crippen LogP contribution < -0.4 is 10.6 Å². The second kappa shape index (κ2) is 6.37. The lowest BCUT2D eigenvalue weighted by Crippen LogP contribution is -2.39. The molecule has 1 aliphatic heterocycles. The fourth-order valence-electron chi connectivity index (χ4n) is 1.64. The Hall–Kier alpha value is -0.590. The van der Waals surface area contributed by atoms with Crippen molar-refractivity contribution in [1.82, 2.24) is 10.3 Å². The van der Waals surface area contributed by atoms with E-state index in [9.17, 15) is 4.79 Å². The van der Waals surface area contributed by atoms with Gasteiger partial charge in [0.1, 0.15) is 4.60 Å². The summed E-state index contributed by atoms with van der Waals surface area (Å²) >= 11 is 5.15. The number of thioether (sulfide) groups is 1. The summed E-state index contributed by atoms with van der Waals surface area (Å²) in [5, 5.41) is 6.18. The molecular weight excluding hydrogens is 302 g/mol. The van der Waals surface area contributed by atoms with Crippen molar-refractivity contribution >= 4 is 39.3 Å². The molecule has 4 nitrogen and oxygen atoms in total. The van der Waals surface area contributed by atoms with E-state index in [0.29, 0.717) is 6.42 Å². The normalized spacial score (nSPS) is 19.9. The monoisotopic (exact) mass is 315 g/mol. The van der Waals surface area contributed by atoms with Gasteiger partial charge in [0.25, 0.3) is 0 Å². The first kappa shape index (κ1) is 12.9. The summed E-state index contributed by atoms with van der Waals surface area (Å²) in [6.45, 7) is 0.989. The first-order valence-electron chi connectivity index (χ1n) is 5.46. The second-order valence-electron chi connectivity index (χ2n) is 3.85. The highest BCUT2D eigenvalue weighted by Crippen LogP contribution is 2.13. The average molecular weight is 316 g/mol. The number of halogens is 1. The zero-order chi connectivity index (χ0) is 12.1. The van der Waals surface area contributed by atoms with Crippen LogP contribution in [0, 0.1) is 0 Å². The predicted molar refractivity (Wildman–Crippen MR) is 74.3 cm³/mol. The van der Waals surface area contributed by atoms with Crippen LogP contribution in [0.25, 0.3) is 0 Å². The summed E-state index contributed by atoms with van der Waals surface area (Å²) in [5.41, 5.74) is 0.738. The Morgan fingerprint density at radius 2 is 2.53 bits per heavy atom. The summed E-state index contributed by atoms with van der Waals surface area (Å²) in [7, 11) is 0. The van der Waals surface area contributed by atoms with Crippen LogP contribution in [0.3, 0.4) is 0 Å². The highest BCUT2D eigenvalue weighted by molar-refractivity contribution is 9.10. The van der Waals surface area contributed by atoms with Gasteiger partial charge in [0.15, 0.2) is 0 Å². The van der Waals surface area contributed by atoms with E-state index >= 15 is 0 Å². The molecular formula is C11H14BrN3OS. The third-order valence-electron chi connectivity index (χ3n) is 2.44. The van der Waals surface area contributed by atoms with Gasteiger partial charge in [0.05, 0.1) is 11.9 Å². The van der Waals surface area contributed by atoms with E-state index in [-0.39, 0.29) is 11.9 Å². The van der Waals surface area contributed by atoms with Crippen LogP contribution in [0.2, 0.25) is 0 Å². The number of nitrogens with one attached hydrogen (secondary N) is 2. The minimum absolute atomic E-state index is 0.0362. The molecule has 1 saturated heterocycles. The Kier molecular flexibility index (Phi) is 4.82. The first-order valence-corrected chi connectivity index (χ1v) is 7.41. The number of anilines is 1. The molecule has 0 bridgehead atoms. The standard InChI is InChI=1S/C11H14BrN3OS/c12-10-2-1-8(6-14-10)15-11(16)5-9-7-17-4-3-13-9/h1-2,6,9,13H,3-5,7H2,(H,15,16). The zero-order valence-corrected chi connectivity index (χ0v) is 11.7. The number of amides is 1. The molecule has 0 aliphatic carbocycles. The van der Waals surface area contributed by atoms with Crippen LogP contribution in [-0.4, -0.2) is 35.0 Å². The topological polar surface area (TPSA) is 54.0 Å². The maximum Gasteiger partial charge on any atom is 0.226 e. The van der Waals surface area contributed by atoms with Crippen molar-refractivity contribution in [2.75, 3.05) is 23.4 Å². The van der Waals surface area contributed by atoms with Gasteiger partial charge in [-0.3, -0.25) is 4.79 Å². The largest absolute Gasteiger partial charge is 0.325 e. The lowest BCUT2D eigenvalue weighted by atomic mass is 10.2. The minimum atomic E-state index is 0.0362. The maximum absolute atomic E-state index is 11.8. The van der Waals surface area contributed by atoms with Crippen molar-refractivity contribution in [3.63, 3.8) is 0 Å². The van der Waals surface area contributed by atoms with Gasteiger partial charge in [-0.1, -0.05) is 0 Å².